The van der Waals surface area contributed by atoms with Crippen molar-refractivity contribution in [3.63, 3.8) is 0 Å². The lowest BCUT2D eigenvalue weighted by Crippen LogP contribution is -2.37. The summed E-state index contributed by atoms with van der Waals surface area (Å²) in [6.07, 6.45) is 5.21. The van der Waals surface area contributed by atoms with E-state index in [1.165, 1.54) is 19.3 Å². The lowest BCUT2D eigenvalue weighted by atomic mass is 9.92. The largest absolute Gasteiger partial charge is 0.494 e. The van der Waals surface area contributed by atoms with Crippen LogP contribution in [-0.4, -0.2) is 25.9 Å². The van der Waals surface area contributed by atoms with Gasteiger partial charge in [-0.25, -0.2) is 0 Å². The Labute approximate surface area is 109 Å². The Morgan fingerprint density at radius 1 is 1.28 bits per heavy atom. The fourth-order valence-corrected chi connectivity index (χ4v) is 2.60. The lowest BCUT2D eigenvalue weighted by molar-refractivity contribution is 0.0606. The van der Waals surface area contributed by atoms with Crippen molar-refractivity contribution in [2.45, 2.75) is 44.8 Å². The molecular weight excluding hydrogens is 226 g/mol. The predicted molar refractivity (Wildman–Crippen MR) is 74.3 cm³/mol. The molecular formula is C15H23NO2. The SMILES string of the molecule is CCOc1cccc(NC2CCCCC2OC)c1. The second-order valence-electron chi connectivity index (χ2n) is 4.77. The highest BCUT2D eigenvalue weighted by molar-refractivity contribution is 5.49. The van der Waals surface area contributed by atoms with Gasteiger partial charge in [-0.1, -0.05) is 18.9 Å². The van der Waals surface area contributed by atoms with E-state index >= 15 is 0 Å². The molecule has 1 aliphatic carbocycles. The van der Waals surface area contributed by atoms with E-state index < -0.39 is 0 Å². The first-order valence-corrected chi connectivity index (χ1v) is 6.85. The normalized spacial score (nSPS) is 23.7. The van der Waals surface area contributed by atoms with E-state index in [2.05, 4.69) is 17.4 Å². The summed E-state index contributed by atoms with van der Waals surface area (Å²) in [7, 11) is 1.81. The van der Waals surface area contributed by atoms with Gasteiger partial charge in [-0.3, -0.25) is 0 Å². The van der Waals surface area contributed by atoms with Crippen molar-refractivity contribution in [3.8, 4) is 5.75 Å². The van der Waals surface area contributed by atoms with Crippen LogP contribution in [0.5, 0.6) is 5.75 Å². The summed E-state index contributed by atoms with van der Waals surface area (Å²) in [6.45, 7) is 2.70. The average molecular weight is 249 g/mol. The fourth-order valence-electron chi connectivity index (χ4n) is 2.60. The van der Waals surface area contributed by atoms with E-state index in [0.29, 0.717) is 18.8 Å². The smallest absolute Gasteiger partial charge is 0.121 e. The van der Waals surface area contributed by atoms with Crippen molar-refractivity contribution >= 4 is 5.69 Å². The first-order valence-electron chi connectivity index (χ1n) is 6.85. The van der Waals surface area contributed by atoms with Crippen LogP contribution in [-0.2, 0) is 4.74 Å². The number of nitrogens with one attached hydrogen (secondary N) is 1. The van der Waals surface area contributed by atoms with Gasteiger partial charge < -0.3 is 14.8 Å². The molecule has 0 spiro atoms. The molecule has 1 saturated carbocycles. The molecule has 0 aromatic heterocycles. The maximum atomic E-state index is 5.56. The highest BCUT2D eigenvalue weighted by atomic mass is 16.5. The van der Waals surface area contributed by atoms with Gasteiger partial charge in [0.15, 0.2) is 0 Å². The van der Waals surface area contributed by atoms with Crippen molar-refractivity contribution in [2.75, 3.05) is 19.0 Å². The van der Waals surface area contributed by atoms with Crippen LogP contribution in [0.1, 0.15) is 32.6 Å². The van der Waals surface area contributed by atoms with Gasteiger partial charge in [-0.05, 0) is 31.9 Å². The molecule has 2 rings (SSSR count). The molecule has 1 aromatic rings. The summed E-state index contributed by atoms with van der Waals surface area (Å²) in [5, 5.41) is 3.58. The maximum Gasteiger partial charge on any atom is 0.121 e. The molecule has 0 heterocycles. The molecule has 1 aromatic carbocycles. The van der Waals surface area contributed by atoms with Gasteiger partial charge in [-0.2, -0.15) is 0 Å². The van der Waals surface area contributed by atoms with Crippen molar-refractivity contribution in [3.05, 3.63) is 24.3 Å². The van der Waals surface area contributed by atoms with E-state index in [-0.39, 0.29) is 0 Å². The predicted octanol–water partition coefficient (Wildman–Crippen LogP) is 3.45. The molecule has 3 nitrogen and oxygen atoms in total. The topological polar surface area (TPSA) is 30.5 Å². The Hall–Kier alpha value is -1.22. The molecule has 18 heavy (non-hydrogen) atoms. The van der Waals surface area contributed by atoms with E-state index in [1.54, 1.807) is 7.11 Å². The molecule has 3 heteroatoms. The van der Waals surface area contributed by atoms with Gasteiger partial charge in [0.1, 0.15) is 5.75 Å². The minimum absolute atomic E-state index is 0.328. The minimum atomic E-state index is 0.328. The number of hydrogen-bond donors (Lipinski definition) is 1. The first kappa shape index (κ1) is 13.2. The summed E-state index contributed by atoms with van der Waals surface area (Å²) < 4.78 is 11.1. The summed E-state index contributed by atoms with van der Waals surface area (Å²) in [4.78, 5) is 0. The molecule has 1 fully saturated rings. The Balaban J connectivity index is 2.00. The maximum absolute atomic E-state index is 5.56. The molecule has 2 atom stereocenters. The molecule has 1 N–H and O–H groups in total. The molecule has 0 amide bonds. The fraction of sp³-hybridized carbons (Fsp3) is 0.600. The molecule has 100 valence electrons. The molecule has 0 saturated heterocycles. The number of anilines is 1. The van der Waals surface area contributed by atoms with E-state index in [9.17, 15) is 0 Å². The Morgan fingerprint density at radius 3 is 2.89 bits per heavy atom. The second-order valence-corrected chi connectivity index (χ2v) is 4.77. The van der Waals surface area contributed by atoms with Gasteiger partial charge in [0.05, 0.1) is 18.8 Å². The molecule has 0 aliphatic heterocycles. The van der Waals surface area contributed by atoms with Crippen LogP contribution < -0.4 is 10.1 Å². The number of ether oxygens (including phenoxy) is 2. The Morgan fingerprint density at radius 2 is 2.11 bits per heavy atom. The summed E-state index contributed by atoms with van der Waals surface area (Å²) in [5.74, 6) is 0.923. The number of benzene rings is 1. The van der Waals surface area contributed by atoms with E-state index in [0.717, 1.165) is 17.9 Å². The summed E-state index contributed by atoms with van der Waals surface area (Å²) in [5.41, 5.74) is 1.12. The number of rotatable bonds is 5. The third-order valence-electron chi connectivity index (χ3n) is 3.50. The summed E-state index contributed by atoms with van der Waals surface area (Å²) >= 11 is 0. The highest BCUT2D eigenvalue weighted by Gasteiger charge is 2.24. The van der Waals surface area contributed by atoms with Gasteiger partial charge >= 0.3 is 0 Å². The van der Waals surface area contributed by atoms with Crippen LogP contribution in [0, 0.1) is 0 Å². The van der Waals surface area contributed by atoms with Gasteiger partial charge in [-0.15, -0.1) is 0 Å². The Bertz CT molecular complexity index is 367. The van der Waals surface area contributed by atoms with Gasteiger partial charge in [0.2, 0.25) is 0 Å². The Kier molecular flexibility index (Phi) is 4.88. The average Bonchev–Trinajstić information content (AvgIpc) is 2.40. The zero-order chi connectivity index (χ0) is 12.8. The van der Waals surface area contributed by atoms with Crippen molar-refractivity contribution in [2.24, 2.45) is 0 Å². The third kappa shape index (κ3) is 3.39. The molecule has 0 bridgehead atoms. The number of hydrogen-bond acceptors (Lipinski definition) is 3. The van der Waals surface area contributed by atoms with Crippen LogP contribution >= 0.6 is 0 Å². The van der Waals surface area contributed by atoms with Gasteiger partial charge in [0.25, 0.3) is 0 Å². The minimum Gasteiger partial charge on any atom is -0.494 e. The van der Waals surface area contributed by atoms with Crippen molar-refractivity contribution in [1.29, 1.82) is 0 Å². The van der Waals surface area contributed by atoms with Crippen molar-refractivity contribution < 1.29 is 9.47 Å². The van der Waals surface area contributed by atoms with Crippen LogP contribution in [0.2, 0.25) is 0 Å². The first-order chi connectivity index (χ1) is 8.83. The zero-order valence-electron chi connectivity index (χ0n) is 11.3. The lowest BCUT2D eigenvalue weighted by Gasteiger charge is -2.31. The van der Waals surface area contributed by atoms with Crippen LogP contribution in [0.15, 0.2) is 24.3 Å². The van der Waals surface area contributed by atoms with Crippen LogP contribution in [0.3, 0.4) is 0 Å². The van der Waals surface area contributed by atoms with Crippen LogP contribution in [0.25, 0.3) is 0 Å². The zero-order valence-corrected chi connectivity index (χ0v) is 11.3. The van der Waals surface area contributed by atoms with Gasteiger partial charge in [0, 0.05) is 18.9 Å². The quantitative estimate of drug-likeness (QED) is 0.867. The van der Waals surface area contributed by atoms with Crippen molar-refractivity contribution in [1.82, 2.24) is 0 Å². The standard InChI is InChI=1S/C15H23NO2/c1-3-18-13-8-6-7-12(11-13)16-14-9-4-5-10-15(14)17-2/h6-8,11,14-16H,3-5,9-10H2,1-2H3. The summed E-state index contributed by atoms with van der Waals surface area (Å²) in [6, 6.07) is 8.58. The van der Waals surface area contributed by atoms with E-state index in [4.69, 9.17) is 9.47 Å². The second kappa shape index (κ2) is 6.64. The van der Waals surface area contributed by atoms with E-state index in [1.807, 2.05) is 19.1 Å². The highest BCUT2D eigenvalue weighted by Crippen LogP contribution is 2.25. The molecule has 0 radical (unpaired) electrons. The number of methoxy groups -OCH3 is 1. The monoisotopic (exact) mass is 249 g/mol. The van der Waals surface area contributed by atoms with Crippen LogP contribution in [0.4, 0.5) is 5.69 Å². The third-order valence-corrected chi connectivity index (χ3v) is 3.50. The molecule has 1 aliphatic rings. The molecule has 2 unspecified atom stereocenters.